The first-order valence-corrected chi connectivity index (χ1v) is 6.34. The lowest BCUT2D eigenvalue weighted by molar-refractivity contribution is 0.145. The SMILES string of the molecule is Oc1ccc2cc(C3OCCS3)ccc2c1. The molecular weight excluding hydrogens is 220 g/mol. The van der Waals surface area contributed by atoms with Gasteiger partial charge in [0.25, 0.3) is 0 Å². The number of fused-ring (bicyclic) bond motifs is 1. The maximum Gasteiger partial charge on any atom is 0.128 e. The van der Waals surface area contributed by atoms with Crippen LogP contribution in [0, 0.1) is 0 Å². The van der Waals surface area contributed by atoms with Gasteiger partial charge in [0.05, 0.1) is 6.61 Å². The first kappa shape index (κ1) is 10.00. The zero-order chi connectivity index (χ0) is 11.0. The lowest BCUT2D eigenvalue weighted by Crippen LogP contribution is -1.92. The summed E-state index contributed by atoms with van der Waals surface area (Å²) in [5.74, 6) is 1.38. The fourth-order valence-electron chi connectivity index (χ4n) is 1.95. The topological polar surface area (TPSA) is 29.5 Å². The summed E-state index contributed by atoms with van der Waals surface area (Å²) in [6.07, 6.45) is 0. The van der Waals surface area contributed by atoms with Crippen LogP contribution in [0.5, 0.6) is 5.75 Å². The second-order valence-corrected chi connectivity index (χ2v) is 5.03. The summed E-state index contributed by atoms with van der Waals surface area (Å²) in [5, 5.41) is 11.6. The van der Waals surface area contributed by atoms with Gasteiger partial charge < -0.3 is 9.84 Å². The molecular formula is C13H12O2S. The third-order valence-corrected chi connectivity index (χ3v) is 3.86. The number of phenolic OH excluding ortho intramolecular Hbond substituents is 1. The normalized spacial score (nSPS) is 20.4. The van der Waals surface area contributed by atoms with E-state index in [1.807, 2.05) is 23.9 Å². The van der Waals surface area contributed by atoms with Gasteiger partial charge in [0.2, 0.25) is 0 Å². The molecule has 3 heteroatoms. The van der Waals surface area contributed by atoms with Gasteiger partial charge in [-0.05, 0) is 34.5 Å². The summed E-state index contributed by atoms with van der Waals surface area (Å²) in [7, 11) is 0. The number of hydrogen-bond donors (Lipinski definition) is 1. The standard InChI is InChI=1S/C13H12O2S/c14-12-4-3-9-7-11(2-1-10(9)8-12)13-15-5-6-16-13/h1-4,7-8,13-14H,5-6H2. The van der Waals surface area contributed by atoms with Crippen molar-refractivity contribution < 1.29 is 9.84 Å². The van der Waals surface area contributed by atoms with E-state index in [2.05, 4.69) is 12.1 Å². The Bertz CT molecular complexity index is 518. The molecule has 0 aromatic heterocycles. The Morgan fingerprint density at radius 2 is 1.94 bits per heavy atom. The zero-order valence-corrected chi connectivity index (χ0v) is 9.54. The number of benzene rings is 2. The summed E-state index contributed by atoms with van der Waals surface area (Å²) in [6, 6.07) is 11.7. The fraction of sp³-hybridized carbons (Fsp3) is 0.231. The molecule has 1 unspecified atom stereocenters. The Balaban J connectivity index is 2.05. The van der Waals surface area contributed by atoms with Gasteiger partial charge in [-0.25, -0.2) is 0 Å². The first-order chi connectivity index (χ1) is 7.83. The monoisotopic (exact) mass is 232 g/mol. The van der Waals surface area contributed by atoms with E-state index in [0.29, 0.717) is 5.75 Å². The predicted molar refractivity (Wildman–Crippen MR) is 66.8 cm³/mol. The number of ether oxygens (including phenoxy) is 1. The zero-order valence-electron chi connectivity index (χ0n) is 8.72. The van der Waals surface area contributed by atoms with Crippen LogP contribution in [-0.4, -0.2) is 17.5 Å². The van der Waals surface area contributed by atoms with Gasteiger partial charge >= 0.3 is 0 Å². The van der Waals surface area contributed by atoms with Crippen LogP contribution in [0.3, 0.4) is 0 Å². The van der Waals surface area contributed by atoms with Gasteiger partial charge in [0.1, 0.15) is 11.2 Å². The van der Waals surface area contributed by atoms with E-state index in [1.165, 1.54) is 5.56 Å². The molecule has 1 fully saturated rings. The highest BCUT2D eigenvalue weighted by Gasteiger charge is 2.18. The molecule has 2 nitrogen and oxygen atoms in total. The molecule has 1 saturated heterocycles. The Morgan fingerprint density at radius 3 is 2.75 bits per heavy atom. The highest BCUT2D eigenvalue weighted by molar-refractivity contribution is 7.99. The largest absolute Gasteiger partial charge is 0.508 e. The molecule has 0 amide bonds. The molecule has 1 heterocycles. The molecule has 3 rings (SSSR count). The number of rotatable bonds is 1. The minimum atomic E-state index is 0.179. The van der Waals surface area contributed by atoms with Crippen LogP contribution in [0.25, 0.3) is 10.8 Å². The maximum atomic E-state index is 9.38. The summed E-state index contributed by atoms with van der Waals surface area (Å²) >= 11 is 1.84. The summed E-state index contributed by atoms with van der Waals surface area (Å²) in [5.41, 5.74) is 1.39. The van der Waals surface area contributed by atoms with Crippen molar-refractivity contribution in [2.24, 2.45) is 0 Å². The van der Waals surface area contributed by atoms with Crippen molar-refractivity contribution in [3.05, 3.63) is 42.0 Å². The van der Waals surface area contributed by atoms with Crippen LogP contribution in [0.2, 0.25) is 0 Å². The van der Waals surface area contributed by atoms with E-state index in [-0.39, 0.29) is 5.44 Å². The number of hydrogen-bond acceptors (Lipinski definition) is 3. The Morgan fingerprint density at radius 1 is 1.12 bits per heavy atom. The van der Waals surface area contributed by atoms with Gasteiger partial charge in [0, 0.05) is 5.75 Å². The van der Waals surface area contributed by atoms with E-state index in [0.717, 1.165) is 23.1 Å². The van der Waals surface area contributed by atoms with Crippen molar-refractivity contribution in [2.45, 2.75) is 5.44 Å². The van der Waals surface area contributed by atoms with Crippen LogP contribution in [-0.2, 0) is 4.74 Å². The third kappa shape index (κ3) is 1.77. The molecule has 0 saturated carbocycles. The van der Waals surface area contributed by atoms with Crippen molar-refractivity contribution in [3.8, 4) is 5.75 Å². The third-order valence-electron chi connectivity index (χ3n) is 2.74. The van der Waals surface area contributed by atoms with Gasteiger partial charge in [-0.2, -0.15) is 0 Å². The molecule has 0 spiro atoms. The van der Waals surface area contributed by atoms with Crippen molar-refractivity contribution >= 4 is 22.5 Å². The van der Waals surface area contributed by atoms with E-state index >= 15 is 0 Å². The fourth-order valence-corrected chi connectivity index (χ4v) is 2.89. The van der Waals surface area contributed by atoms with E-state index in [1.54, 1.807) is 12.1 Å². The van der Waals surface area contributed by atoms with Gasteiger partial charge in [-0.1, -0.05) is 18.2 Å². The van der Waals surface area contributed by atoms with Gasteiger partial charge in [-0.15, -0.1) is 11.8 Å². The summed E-state index contributed by atoms with van der Waals surface area (Å²) in [4.78, 5) is 0. The van der Waals surface area contributed by atoms with E-state index in [9.17, 15) is 5.11 Å². The Hall–Kier alpha value is -1.19. The maximum absolute atomic E-state index is 9.38. The smallest absolute Gasteiger partial charge is 0.128 e. The molecule has 1 N–H and O–H groups in total. The Labute approximate surface area is 98.2 Å². The van der Waals surface area contributed by atoms with Crippen LogP contribution < -0.4 is 0 Å². The van der Waals surface area contributed by atoms with Crippen molar-refractivity contribution in [3.63, 3.8) is 0 Å². The van der Waals surface area contributed by atoms with Crippen LogP contribution in [0.4, 0.5) is 0 Å². The molecule has 0 aliphatic carbocycles. The lowest BCUT2D eigenvalue weighted by atomic mass is 10.1. The predicted octanol–water partition coefficient (Wildman–Crippen LogP) is 3.31. The highest BCUT2D eigenvalue weighted by atomic mass is 32.2. The molecule has 1 aliphatic rings. The number of phenols is 1. The molecule has 82 valence electrons. The molecule has 1 atom stereocenters. The molecule has 2 aromatic carbocycles. The molecule has 1 aliphatic heterocycles. The Kier molecular flexibility index (Phi) is 2.50. The highest BCUT2D eigenvalue weighted by Crippen LogP contribution is 2.36. The minimum absolute atomic E-state index is 0.179. The van der Waals surface area contributed by atoms with Crippen molar-refractivity contribution in [1.82, 2.24) is 0 Å². The first-order valence-electron chi connectivity index (χ1n) is 5.29. The van der Waals surface area contributed by atoms with Gasteiger partial charge in [0.15, 0.2) is 0 Å². The van der Waals surface area contributed by atoms with Crippen LogP contribution in [0.15, 0.2) is 36.4 Å². The summed E-state index contributed by atoms with van der Waals surface area (Å²) < 4.78 is 5.63. The lowest BCUT2D eigenvalue weighted by Gasteiger charge is -2.09. The van der Waals surface area contributed by atoms with Crippen LogP contribution >= 0.6 is 11.8 Å². The number of aromatic hydroxyl groups is 1. The molecule has 16 heavy (non-hydrogen) atoms. The number of thioether (sulfide) groups is 1. The van der Waals surface area contributed by atoms with Crippen LogP contribution in [0.1, 0.15) is 11.0 Å². The van der Waals surface area contributed by atoms with Crippen molar-refractivity contribution in [1.29, 1.82) is 0 Å². The molecule has 0 radical (unpaired) electrons. The average molecular weight is 232 g/mol. The molecule has 2 aromatic rings. The minimum Gasteiger partial charge on any atom is -0.508 e. The second kappa shape index (κ2) is 4.00. The molecule has 0 bridgehead atoms. The quantitative estimate of drug-likeness (QED) is 0.818. The van der Waals surface area contributed by atoms with E-state index in [4.69, 9.17) is 4.74 Å². The average Bonchev–Trinajstić information content (AvgIpc) is 2.82. The second-order valence-electron chi connectivity index (χ2n) is 3.86. The summed E-state index contributed by atoms with van der Waals surface area (Å²) in [6.45, 7) is 0.836. The van der Waals surface area contributed by atoms with E-state index < -0.39 is 0 Å². The van der Waals surface area contributed by atoms with Crippen molar-refractivity contribution in [2.75, 3.05) is 12.4 Å². The van der Waals surface area contributed by atoms with Gasteiger partial charge in [-0.3, -0.25) is 0 Å².